The first-order chi connectivity index (χ1) is 9.62. The summed E-state index contributed by atoms with van der Waals surface area (Å²) < 4.78 is 5.14. The molecular formula is C16H21NO2S. The summed E-state index contributed by atoms with van der Waals surface area (Å²) >= 11 is 1.69. The Bertz CT molecular complexity index is 464. The summed E-state index contributed by atoms with van der Waals surface area (Å²) in [5.74, 6) is -0.460. The predicted octanol–water partition coefficient (Wildman–Crippen LogP) is 3.68. The molecule has 2 atom stereocenters. The third-order valence-corrected chi connectivity index (χ3v) is 4.05. The van der Waals surface area contributed by atoms with Gasteiger partial charge in [-0.25, -0.2) is 0 Å². The van der Waals surface area contributed by atoms with Gasteiger partial charge >= 0.3 is 5.97 Å². The first-order valence-electron chi connectivity index (χ1n) is 6.78. The molecule has 108 valence electrons. The van der Waals surface area contributed by atoms with Crippen molar-refractivity contribution in [2.75, 3.05) is 12.9 Å². The summed E-state index contributed by atoms with van der Waals surface area (Å²) in [4.78, 5) is 13.3. The summed E-state index contributed by atoms with van der Waals surface area (Å²) in [5, 5.41) is 8.83. The van der Waals surface area contributed by atoms with E-state index in [-0.39, 0.29) is 17.8 Å². The Hall–Kier alpha value is -1.47. The van der Waals surface area contributed by atoms with Crippen LogP contribution in [0.1, 0.15) is 25.8 Å². The van der Waals surface area contributed by atoms with Gasteiger partial charge in [0.15, 0.2) is 0 Å². The molecule has 20 heavy (non-hydrogen) atoms. The lowest BCUT2D eigenvalue weighted by atomic mass is 9.86. The summed E-state index contributed by atoms with van der Waals surface area (Å²) in [7, 11) is 0. The van der Waals surface area contributed by atoms with Crippen LogP contribution in [0.4, 0.5) is 0 Å². The van der Waals surface area contributed by atoms with E-state index < -0.39 is 0 Å². The maximum absolute atomic E-state index is 12.1. The molecule has 1 aromatic carbocycles. The summed E-state index contributed by atoms with van der Waals surface area (Å²) in [6, 6.07) is 10.3. The Morgan fingerprint density at radius 1 is 1.40 bits per heavy atom. The Kier molecular flexibility index (Phi) is 7.17. The molecule has 1 aromatic rings. The van der Waals surface area contributed by atoms with Crippen molar-refractivity contribution in [3.8, 4) is 6.07 Å². The number of nitrogens with zero attached hydrogens (tertiary/aromatic N) is 1. The van der Waals surface area contributed by atoms with Gasteiger partial charge in [-0.1, -0.05) is 19.1 Å². The van der Waals surface area contributed by atoms with Crippen molar-refractivity contribution in [3.05, 3.63) is 29.8 Å². The average molecular weight is 291 g/mol. The van der Waals surface area contributed by atoms with Crippen LogP contribution in [0.25, 0.3) is 0 Å². The Morgan fingerprint density at radius 3 is 2.55 bits per heavy atom. The van der Waals surface area contributed by atoms with Crippen LogP contribution in [0.2, 0.25) is 0 Å². The first-order valence-corrected chi connectivity index (χ1v) is 8.01. The van der Waals surface area contributed by atoms with Crippen LogP contribution in [0.3, 0.4) is 0 Å². The van der Waals surface area contributed by atoms with E-state index in [9.17, 15) is 4.79 Å². The van der Waals surface area contributed by atoms with Gasteiger partial charge in [0.2, 0.25) is 0 Å². The first kappa shape index (κ1) is 16.6. The van der Waals surface area contributed by atoms with Gasteiger partial charge < -0.3 is 4.74 Å². The molecule has 0 saturated carbocycles. The third-order valence-electron chi connectivity index (χ3n) is 3.30. The average Bonchev–Trinajstić information content (AvgIpc) is 2.45. The summed E-state index contributed by atoms with van der Waals surface area (Å²) in [6.07, 6.45) is 3.02. The molecule has 3 nitrogen and oxygen atoms in total. The second kappa shape index (κ2) is 8.65. The van der Waals surface area contributed by atoms with Crippen LogP contribution in [-0.2, 0) is 16.0 Å². The third kappa shape index (κ3) is 4.90. The van der Waals surface area contributed by atoms with Crippen molar-refractivity contribution >= 4 is 17.7 Å². The molecule has 0 fully saturated rings. The van der Waals surface area contributed by atoms with Gasteiger partial charge in [-0.2, -0.15) is 5.26 Å². The Balaban J connectivity index is 2.82. The second-order valence-corrected chi connectivity index (χ2v) is 5.63. The van der Waals surface area contributed by atoms with Crippen LogP contribution < -0.4 is 0 Å². The molecule has 0 aliphatic carbocycles. The van der Waals surface area contributed by atoms with E-state index in [1.807, 2.05) is 25.3 Å². The lowest BCUT2D eigenvalue weighted by Crippen LogP contribution is -2.26. The number of esters is 1. The molecule has 4 heteroatoms. The molecule has 0 aliphatic rings. The number of thioether (sulfide) groups is 1. The van der Waals surface area contributed by atoms with Gasteiger partial charge in [-0.05, 0) is 43.2 Å². The molecule has 0 heterocycles. The van der Waals surface area contributed by atoms with Gasteiger partial charge in [0.25, 0.3) is 0 Å². The minimum atomic E-state index is -0.255. The van der Waals surface area contributed by atoms with Gasteiger partial charge in [0, 0.05) is 11.3 Å². The maximum Gasteiger partial charge on any atom is 0.309 e. The monoisotopic (exact) mass is 291 g/mol. The summed E-state index contributed by atoms with van der Waals surface area (Å²) in [6.45, 7) is 4.11. The highest BCUT2D eigenvalue weighted by atomic mass is 32.2. The molecule has 0 radical (unpaired) electrons. The van der Waals surface area contributed by atoms with Crippen LogP contribution in [-0.4, -0.2) is 18.8 Å². The molecule has 1 rings (SSSR count). The minimum absolute atomic E-state index is 0.000670. The number of ether oxygens (including phenoxy) is 1. The van der Waals surface area contributed by atoms with E-state index in [1.54, 1.807) is 18.7 Å². The number of rotatable bonds is 7. The fourth-order valence-corrected chi connectivity index (χ4v) is 2.48. The van der Waals surface area contributed by atoms with Crippen LogP contribution >= 0.6 is 11.8 Å². The van der Waals surface area contributed by atoms with E-state index in [4.69, 9.17) is 10.00 Å². The van der Waals surface area contributed by atoms with Crippen molar-refractivity contribution in [3.63, 3.8) is 0 Å². The lowest BCUT2D eigenvalue weighted by Gasteiger charge is -2.20. The van der Waals surface area contributed by atoms with Gasteiger partial charge in [0.05, 0.1) is 18.6 Å². The van der Waals surface area contributed by atoms with E-state index in [2.05, 4.69) is 18.2 Å². The highest BCUT2D eigenvalue weighted by Gasteiger charge is 2.26. The fraction of sp³-hybridized carbons (Fsp3) is 0.500. The number of hydrogen-bond acceptors (Lipinski definition) is 4. The van der Waals surface area contributed by atoms with Gasteiger partial charge in [-0.15, -0.1) is 11.8 Å². The molecule has 0 bridgehead atoms. The zero-order valence-corrected chi connectivity index (χ0v) is 13.1. The van der Waals surface area contributed by atoms with E-state index in [0.717, 1.165) is 5.56 Å². The molecule has 0 aliphatic heterocycles. The molecule has 0 N–H and O–H groups in total. The Labute approximate surface area is 125 Å². The van der Waals surface area contributed by atoms with Crippen LogP contribution in [0.5, 0.6) is 0 Å². The highest BCUT2D eigenvalue weighted by molar-refractivity contribution is 7.98. The zero-order chi connectivity index (χ0) is 15.0. The normalized spacial score (nSPS) is 13.3. The maximum atomic E-state index is 12.1. The van der Waals surface area contributed by atoms with Crippen molar-refractivity contribution in [2.24, 2.45) is 11.8 Å². The van der Waals surface area contributed by atoms with E-state index in [0.29, 0.717) is 19.4 Å². The highest BCUT2D eigenvalue weighted by Crippen LogP contribution is 2.23. The molecular weight excluding hydrogens is 270 g/mol. The molecule has 0 amide bonds. The van der Waals surface area contributed by atoms with E-state index >= 15 is 0 Å². The standard InChI is InChI=1S/C16H21NO2S/c1-4-19-16(18)15(12(2)9-10-17)11-13-5-7-14(20-3)8-6-13/h5-8,12,15H,4,9,11H2,1-3H3. The summed E-state index contributed by atoms with van der Waals surface area (Å²) in [5.41, 5.74) is 1.10. The largest absolute Gasteiger partial charge is 0.466 e. The van der Waals surface area contributed by atoms with Crippen molar-refractivity contribution in [1.82, 2.24) is 0 Å². The number of nitriles is 1. The van der Waals surface area contributed by atoms with E-state index in [1.165, 1.54) is 4.90 Å². The van der Waals surface area contributed by atoms with Crippen molar-refractivity contribution in [1.29, 1.82) is 5.26 Å². The lowest BCUT2D eigenvalue weighted by molar-refractivity contribution is -0.149. The van der Waals surface area contributed by atoms with Crippen LogP contribution in [0, 0.1) is 23.2 Å². The van der Waals surface area contributed by atoms with Gasteiger partial charge in [-0.3, -0.25) is 4.79 Å². The number of hydrogen-bond donors (Lipinski definition) is 0. The quantitative estimate of drug-likeness (QED) is 0.568. The smallest absolute Gasteiger partial charge is 0.309 e. The fourth-order valence-electron chi connectivity index (χ4n) is 2.07. The van der Waals surface area contributed by atoms with Crippen molar-refractivity contribution in [2.45, 2.75) is 31.6 Å². The van der Waals surface area contributed by atoms with Crippen LogP contribution in [0.15, 0.2) is 29.2 Å². The number of carbonyl (C=O) groups is 1. The number of benzene rings is 1. The molecule has 0 aromatic heterocycles. The number of carbonyl (C=O) groups excluding carboxylic acids is 1. The topological polar surface area (TPSA) is 50.1 Å². The Morgan fingerprint density at radius 2 is 2.05 bits per heavy atom. The molecule has 0 saturated heterocycles. The molecule has 0 spiro atoms. The predicted molar refractivity (Wildman–Crippen MR) is 81.4 cm³/mol. The second-order valence-electron chi connectivity index (χ2n) is 4.75. The molecule has 2 unspecified atom stereocenters. The SMILES string of the molecule is CCOC(=O)C(Cc1ccc(SC)cc1)C(C)CC#N. The van der Waals surface area contributed by atoms with Crippen molar-refractivity contribution < 1.29 is 9.53 Å². The minimum Gasteiger partial charge on any atom is -0.466 e. The zero-order valence-electron chi connectivity index (χ0n) is 12.3. The van der Waals surface area contributed by atoms with Gasteiger partial charge in [0.1, 0.15) is 0 Å².